The molecule has 108 valence electrons. The zero-order chi connectivity index (χ0) is 14.9. The summed E-state index contributed by atoms with van der Waals surface area (Å²) in [6.45, 7) is 0. The normalized spacial score (nSPS) is 17.0. The van der Waals surface area contributed by atoms with Gasteiger partial charge in [-0.05, 0) is 10.8 Å². The number of benzene rings is 1. The molecule has 8 heteroatoms. The molecule has 0 fully saturated rings. The maximum atomic E-state index is 12.9. The van der Waals surface area contributed by atoms with Crippen molar-refractivity contribution in [1.82, 2.24) is 25.1 Å². The lowest BCUT2D eigenvalue weighted by atomic mass is 10.0. The summed E-state index contributed by atoms with van der Waals surface area (Å²) >= 11 is 0. The van der Waals surface area contributed by atoms with Crippen LogP contribution in [0, 0.1) is 0 Å². The summed E-state index contributed by atoms with van der Waals surface area (Å²) in [5.41, 5.74) is 0.842. The van der Waals surface area contributed by atoms with Crippen LogP contribution in [0.25, 0.3) is 0 Å². The van der Waals surface area contributed by atoms with Gasteiger partial charge in [0, 0.05) is 12.4 Å². The lowest BCUT2D eigenvalue weighted by molar-refractivity contribution is -0.120. The summed E-state index contributed by atoms with van der Waals surface area (Å²) in [7, 11) is 0. The van der Waals surface area contributed by atoms with Gasteiger partial charge in [0.2, 0.25) is 0 Å². The van der Waals surface area contributed by atoms with Crippen LogP contribution in [-0.4, -0.2) is 31.0 Å². The standard InChI is InChI=1S/C14H11N7O/c22-14-11(10-4-2-1-3-5-10)18-12-13(16-7-6-15-12)21(14)20-9-8-17-19-20/h1-9,11H,(H,15,18). The van der Waals surface area contributed by atoms with Gasteiger partial charge in [0.25, 0.3) is 5.91 Å². The molecule has 1 aromatic carbocycles. The minimum absolute atomic E-state index is 0.204. The molecular weight excluding hydrogens is 282 g/mol. The molecule has 3 heterocycles. The summed E-state index contributed by atoms with van der Waals surface area (Å²) in [5, 5.41) is 12.1. The molecule has 0 saturated heterocycles. The van der Waals surface area contributed by atoms with E-state index in [4.69, 9.17) is 0 Å². The Hall–Kier alpha value is -3.29. The van der Waals surface area contributed by atoms with Crippen LogP contribution in [0.15, 0.2) is 55.1 Å². The Morgan fingerprint density at radius 2 is 1.86 bits per heavy atom. The lowest BCUT2D eigenvalue weighted by Gasteiger charge is -2.32. The fourth-order valence-corrected chi connectivity index (χ4v) is 2.39. The van der Waals surface area contributed by atoms with Crippen molar-refractivity contribution < 1.29 is 4.79 Å². The third-order valence-corrected chi connectivity index (χ3v) is 3.36. The number of nitrogens with one attached hydrogen (secondary N) is 1. The first-order chi connectivity index (χ1) is 10.8. The van der Waals surface area contributed by atoms with Gasteiger partial charge >= 0.3 is 0 Å². The summed E-state index contributed by atoms with van der Waals surface area (Å²) in [6.07, 6.45) is 6.19. The molecule has 1 aliphatic rings. The quantitative estimate of drug-likeness (QED) is 0.759. The monoisotopic (exact) mass is 293 g/mol. The van der Waals surface area contributed by atoms with E-state index in [1.54, 1.807) is 12.4 Å². The second-order valence-electron chi connectivity index (χ2n) is 4.69. The van der Waals surface area contributed by atoms with Gasteiger partial charge in [-0.2, -0.15) is 9.80 Å². The number of carbonyl (C=O) groups excluding carboxylic acids is 1. The third kappa shape index (κ3) is 1.89. The minimum Gasteiger partial charge on any atom is -0.352 e. The lowest BCUT2D eigenvalue weighted by Crippen LogP contribution is -2.46. The fourth-order valence-electron chi connectivity index (χ4n) is 2.39. The Morgan fingerprint density at radius 3 is 2.64 bits per heavy atom. The van der Waals surface area contributed by atoms with Gasteiger partial charge in [-0.1, -0.05) is 30.3 Å². The molecule has 4 rings (SSSR count). The molecule has 3 aromatic rings. The van der Waals surface area contributed by atoms with Crippen LogP contribution in [0.1, 0.15) is 11.6 Å². The molecule has 8 nitrogen and oxygen atoms in total. The van der Waals surface area contributed by atoms with Crippen molar-refractivity contribution in [3.8, 4) is 0 Å². The Bertz CT molecular complexity index is 803. The van der Waals surface area contributed by atoms with E-state index < -0.39 is 6.04 Å². The van der Waals surface area contributed by atoms with Crippen molar-refractivity contribution in [1.29, 1.82) is 0 Å². The SMILES string of the molecule is O=C1C(c2ccccc2)Nc2nccnc2N1n1ccnn1. The van der Waals surface area contributed by atoms with Crippen LogP contribution in [0.4, 0.5) is 11.6 Å². The van der Waals surface area contributed by atoms with E-state index in [1.807, 2.05) is 30.3 Å². The van der Waals surface area contributed by atoms with Crippen molar-refractivity contribution in [3.63, 3.8) is 0 Å². The topological polar surface area (TPSA) is 88.8 Å². The highest BCUT2D eigenvalue weighted by Crippen LogP contribution is 2.33. The molecule has 2 aromatic heterocycles. The number of aromatic nitrogens is 5. The van der Waals surface area contributed by atoms with E-state index in [9.17, 15) is 4.79 Å². The molecule has 1 amide bonds. The minimum atomic E-state index is -0.561. The Balaban J connectivity index is 1.85. The van der Waals surface area contributed by atoms with Crippen LogP contribution in [-0.2, 0) is 4.79 Å². The number of nitrogens with zero attached hydrogens (tertiary/aromatic N) is 6. The van der Waals surface area contributed by atoms with E-state index >= 15 is 0 Å². The second kappa shape index (κ2) is 4.92. The number of carbonyl (C=O) groups is 1. The second-order valence-corrected chi connectivity index (χ2v) is 4.69. The molecule has 1 N–H and O–H groups in total. The summed E-state index contributed by atoms with van der Waals surface area (Å²) in [5.74, 6) is 0.710. The molecule has 22 heavy (non-hydrogen) atoms. The number of fused-ring (bicyclic) bond motifs is 1. The first-order valence-electron chi connectivity index (χ1n) is 6.67. The van der Waals surface area contributed by atoms with Crippen molar-refractivity contribution in [2.45, 2.75) is 6.04 Å². The molecule has 1 aliphatic heterocycles. The molecule has 1 atom stereocenters. The predicted octanol–water partition coefficient (Wildman–Crippen LogP) is 1.03. The molecule has 0 radical (unpaired) electrons. The largest absolute Gasteiger partial charge is 0.352 e. The number of hydrogen-bond donors (Lipinski definition) is 1. The zero-order valence-corrected chi connectivity index (χ0v) is 11.4. The van der Waals surface area contributed by atoms with E-state index in [-0.39, 0.29) is 5.91 Å². The van der Waals surface area contributed by atoms with Gasteiger partial charge < -0.3 is 5.32 Å². The molecular formula is C14H11N7O. The van der Waals surface area contributed by atoms with E-state index in [1.165, 1.54) is 22.2 Å². The van der Waals surface area contributed by atoms with Gasteiger partial charge in [-0.25, -0.2) is 9.97 Å². The molecule has 1 unspecified atom stereocenters. The highest BCUT2D eigenvalue weighted by Gasteiger charge is 2.36. The Kier molecular flexibility index (Phi) is 2.78. The predicted molar refractivity (Wildman–Crippen MR) is 77.7 cm³/mol. The number of amides is 1. The van der Waals surface area contributed by atoms with Gasteiger partial charge in [-0.3, -0.25) is 4.79 Å². The first-order valence-corrected chi connectivity index (χ1v) is 6.67. The van der Waals surface area contributed by atoms with Gasteiger partial charge in [-0.15, -0.1) is 5.10 Å². The fraction of sp³-hybridized carbons (Fsp3) is 0.0714. The van der Waals surface area contributed by atoms with Crippen LogP contribution in [0.3, 0.4) is 0 Å². The van der Waals surface area contributed by atoms with Crippen LogP contribution < -0.4 is 10.3 Å². The highest BCUT2D eigenvalue weighted by atomic mass is 16.2. The number of rotatable bonds is 2. The van der Waals surface area contributed by atoms with E-state index in [2.05, 4.69) is 25.6 Å². The smallest absolute Gasteiger partial charge is 0.276 e. The molecule has 0 spiro atoms. The molecule has 0 saturated carbocycles. The first kappa shape index (κ1) is 12.5. The van der Waals surface area contributed by atoms with Crippen LogP contribution in [0.2, 0.25) is 0 Å². The van der Waals surface area contributed by atoms with Gasteiger partial charge in [0.05, 0.1) is 12.4 Å². The number of anilines is 2. The number of hydrogen-bond acceptors (Lipinski definition) is 6. The summed E-state index contributed by atoms with van der Waals surface area (Å²) < 4.78 is 0. The third-order valence-electron chi connectivity index (χ3n) is 3.36. The van der Waals surface area contributed by atoms with Crippen molar-refractivity contribution in [3.05, 3.63) is 60.7 Å². The van der Waals surface area contributed by atoms with E-state index in [0.717, 1.165) is 5.56 Å². The van der Waals surface area contributed by atoms with Crippen LogP contribution in [0.5, 0.6) is 0 Å². The van der Waals surface area contributed by atoms with Crippen molar-refractivity contribution in [2.75, 3.05) is 10.3 Å². The van der Waals surface area contributed by atoms with Crippen molar-refractivity contribution >= 4 is 17.5 Å². The average molecular weight is 293 g/mol. The Labute approximate surface area is 125 Å². The maximum Gasteiger partial charge on any atom is 0.276 e. The van der Waals surface area contributed by atoms with E-state index in [0.29, 0.717) is 11.6 Å². The average Bonchev–Trinajstić information content (AvgIpc) is 3.09. The van der Waals surface area contributed by atoms with Gasteiger partial charge in [0.15, 0.2) is 11.6 Å². The van der Waals surface area contributed by atoms with Crippen LogP contribution >= 0.6 is 0 Å². The highest BCUT2D eigenvalue weighted by molar-refractivity contribution is 6.03. The summed E-state index contributed by atoms with van der Waals surface area (Å²) in [4.78, 5) is 22.7. The Morgan fingerprint density at radius 1 is 1.05 bits per heavy atom. The zero-order valence-electron chi connectivity index (χ0n) is 11.4. The van der Waals surface area contributed by atoms with Crippen molar-refractivity contribution in [2.24, 2.45) is 0 Å². The van der Waals surface area contributed by atoms with Gasteiger partial charge in [0.1, 0.15) is 6.04 Å². The maximum absolute atomic E-state index is 12.9. The summed E-state index contributed by atoms with van der Waals surface area (Å²) in [6, 6.07) is 8.88. The molecule has 0 bridgehead atoms. The molecule has 0 aliphatic carbocycles.